The molecule has 0 N–H and O–H groups in total. The van der Waals surface area contributed by atoms with Crippen LogP contribution in [0.4, 0.5) is 27.6 Å². The molecule has 2 rings (SSSR count). The quantitative estimate of drug-likeness (QED) is 0.290. The summed E-state index contributed by atoms with van der Waals surface area (Å²) >= 11 is 0. The van der Waals surface area contributed by atoms with Crippen LogP contribution >= 0.6 is 0 Å². The molecule has 0 unspecified atom stereocenters. The monoisotopic (exact) mass is 397 g/mol. The van der Waals surface area contributed by atoms with Gasteiger partial charge in [-0.15, -0.1) is 0 Å². The highest BCUT2D eigenvalue weighted by molar-refractivity contribution is 6.01. The zero-order chi connectivity index (χ0) is 20.7. The molecular weight excluding hydrogens is 377 g/mol. The largest absolute Gasteiger partial charge is 0.416 e. The lowest BCUT2D eigenvalue weighted by atomic mass is 10.0. The summed E-state index contributed by atoms with van der Waals surface area (Å²) < 4.78 is 62.5. The molecule has 0 spiro atoms. The van der Waals surface area contributed by atoms with Gasteiger partial charge in [-0.2, -0.15) is 13.2 Å². The van der Waals surface area contributed by atoms with E-state index >= 15 is 0 Å². The van der Waals surface area contributed by atoms with Crippen molar-refractivity contribution in [3.8, 4) is 11.1 Å². The van der Waals surface area contributed by atoms with Gasteiger partial charge in [0.25, 0.3) is 0 Å². The molecule has 0 aliphatic heterocycles. The van der Waals surface area contributed by atoms with Crippen molar-refractivity contribution < 1.29 is 26.7 Å². The molecule has 0 fully saturated rings. The molecule has 1 amide bonds. The molecule has 2 aromatic carbocycles. The third-order valence-electron chi connectivity index (χ3n) is 4.22. The van der Waals surface area contributed by atoms with Crippen LogP contribution in [0.2, 0.25) is 0 Å². The molecular formula is C21H20F5NO. The number of benzene rings is 2. The number of amides is 1. The minimum Gasteiger partial charge on any atom is -0.309 e. The average molecular weight is 397 g/mol. The second-order valence-electron chi connectivity index (χ2n) is 6.20. The molecule has 2 nitrogen and oxygen atoms in total. The first-order chi connectivity index (χ1) is 13.2. The van der Waals surface area contributed by atoms with Gasteiger partial charge in [0.15, 0.2) is 0 Å². The van der Waals surface area contributed by atoms with Crippen molar-refractivity contribution in [3.63, 3.8) is 0 Å². The van der Waals surface area contributed by atoms with Crippen LogP contribution < -0.4 is 4.90 Å². The van der Waals surface area contributed by atoms with Crippen LogP contribution in [0.3, 0.4) is 0 Å². The zero-order valence-corrected chi connectivity index (χ0v) is 15.1. The number of carbonyl (C=O) groups excluding carboxylic acids is 1. The Balaban J connectivity index is 2.13. The summed E-state index contributed by atoms with van der Waals surface area (Å²) in [5.41, 5.74) is 1.15. The van der Waals surface area contributed by atoms with Crippen molar-refractivity contribution in [3.05, 3.63) is 66.7 Å². The average Bonchev–Trinajstić information content (AvgIpc) is 2.67. The molecule has 7 heteroatoms. The smallest absolute Gasteiger partial charge is 0.309 e. The third kappa shape index (κ3) is 5.90. The summed E-state index contributed by atoms with van der Waals surface area (Å²) in [5.74, 6) is -0.348. The number of alkyl halides is 5. The highest BCUT2D eigenvalue weighted by Crippen LogP contribution is 2.31. The van der Waals surface area contributed by atoms with Crippen LogP contribution in [0.15, 0.2) is 61.2 Å². The second kappa shape index (κ2) is 9.48. The summed E-state index contributed by atoms with van der Waals surface area (Å²) in [6, 6.07) is 11.5. The van der Waals surface area contributed by atoms with Crippen LogP contribution in [-0.4, -0.2) is 18.9 Å². The maximum absolute atomic E-state index is 12.7. The molecule has 28 heavy (non-hydrogen) atoms. The van der Waals surface area contributed by atoms with Crippen molar-refractivity contribution in [2.24, 2.45) is 0 Å². The van der Waals surface area contributed by atoms with Crippen LogP contribution in [0, 0.1) is 0 Å². The lowest BCUT2D eigenvalue weighted by Crippen LogP contribution is -2.30. The number of carbonyl (C=O) groups is 1. The van der Waals surface area contributed by atoms with Gasteiger partial charge >= 0.3 is 6.18 Å². The van der Waals surface area contributed by atoms with Crippen molar-refractivity contribution in [1.82, 2.24) is 0 Å². The Morgan fingerprint density at radius 2 is 1.50 bits per heavy atom. The number of hydrogen-bond acceptors (Lipinski definition) is 1. The van der Waals surface area contributed by atoms with E-state index in [0.29, 0.717) is 29.7 Å². The molecule has 0 bridgehead atoms. The molecule has 0 saturated heterocycles. The van der Waals surface area contributed by atoms with Crippen molar-refractivity contribution in [1.29, 1.82) is 0 Å². The first kappa shape index (κ1) is 21.6. The summed E-state index contributed by atoms with van der Waals surface area (Å²) in [6.07, 6.45) is -5.11. The number of halogens is 5. The van der Waals surface area contributed by atoms with Crippen molar-refractivity contribution >= 4 is 11.6 Å². The maximum Gasteiger partial charge on any atom is 0.416 e. The fourth-order valence-corrected chi connectivity index (χ4v) is 2.73. The van der Waals surface area contributed by atoms with Crippen LogP contribution in [0.1, 0.15) is 24.8 Å². The zero-order valence-electron chi connectivity index (χ0n) is 15.1. The van der Waals surface area contributed by atoms with Gasteiger partial charge in [0, 0.05) is 18.7 Å². The molecule has 0 aromatic heterocycles. The predicted octanol–water partition coefficient (Wildman–Crippen LogP) is 6.33. The van der Waals surface area contributed by atoms with E-state index in [0.717, 1.165) is 18.2 Å². The molecule has 0 atom stereocenters. The van der Waals surface area contributed by atoms with Crippen molar-refractivity contribution in [2.45, 2.75) is 31.9 Å². The molecule has 2 aromatic rings. The summed E-state index contributed by atoms with van der Waals surface area (Å²) in [4.78, 5) is 13.5. The first-order valence-electron chi connectivity index (χ1n) is 8.72. The minimum atomic E-state index is -4.39. The van der Waals surface area contributed by atoms with E-state index in [1.807, 2.05) is 0 Å². The summed E-state index contributed by atoms with van der Waals surface area (Å²) in [5, 5.41) is 0. The van der Waals surface area contributed by atoms with Crippen molar-refractivity contribution in [2.75, 3.05) is 11.4 Å². The predicted molar refractivity (Wildman–Crippen MR) is 99.3 cm³/mol. The Morgan fingerprint density at radius 1 is 0.964 bits per heavy atom. The van der Waals surface area contributed by atoms with E-state index in [4.69, 9.17) is 0 Å². The van der Waals surface area contributed by atoms with Gasteiger partial charge in [-0.05, 0) is 54.3 Å². The fourth-order valence-electron chi connectivity index (χ4n) is 2.73. The number of anilines is 1. The number of hydrogen-bond donors (Lipinski definition) is 0. The Bertz CT molecular complexity index is 782. The van der Waals surface area contributed by atoms with Gasteiger partial charge in [0.2, 0.25) is 12.3 Å². The lowest BCUT2D eigenvalue weighted by molar-refractivity contribution is -0.137. The van der Waals surface area contributed by atoms with Crippen LogP contribution in [0.5, 0.6) is 0 Å². The third-order valence-corrected chi connectivity index (χ3v) is 4.22. The van der Waals surface area contributed by atoms with Gasteiger partial charge in [-0.1, -0.05) is 30.8 Å². The molecule has 0 heterocycles. The molecule has 150 valence electrons. The highest BCUT2D eigenvalue weighted by Gasteiger charge is 2.29. The van der Waals surface area contributed by atoms with Crippen LogP contribution in [-0.2, 0) is 11.0 Å². The van der Waals surface area contributed by atoms with E-state index in [1.165, 1.54) is 17.0 Å². The summed E-state index contributed by atoms with van der Waals surface area (Å²) in [6.45, 7) is 3.73. The Kier molecular flexibility index (Phi) is 7.31. The van der Waals surface area contributed by atoms with E-state index in [9.17, 15) is 26.7 Å². The van der Waals surface area contributed by atoms with Gasteiger partial charge < -0.3 is 4.90 Å². The van der Waals surface area contributed by atoms with E-state index in [-0.39, 0.29) is 18.9 Å². The fraction of sp³-hybridized carbons (Fsp3) is 0.286. The van der Waals surface area contributed by atoms with Gasteiger partial charge in [-0.3, -0.25) is 4.79 Å². The van der Waals surface area contributed by atoms with E-state index in [2.05, 4.69) is 6.58 Å². The van der Waals surface area contributed by atoms with Gasteiger partial charge in [0.05, 0.1) is 5.56 Å². The van der Waals surface area contributed by atoms with Gasteiger partial charge in [-0.25, -0.2) is 8.78 Å². The Hall–Kier alpha value is -2.70. The van der Waals surface area contributed by atoms with Gasteiger partial charge in [0.1, 0.15) is 0 Å². The SMILES string of the molecule is C=CC(=O)N(CCCCC(F)F)c1ccc(-c2ccc(C(F)(F)F)cc2)cc1. The van der Waals surface area contributed by atoms with Crippen LogP contribution in [0.25, 0.3) is 11.1 Å². The molecule has 0 saturated carbocycles. The topological polar surface area (TPSA) is 20.3 Å². The second-order valence-corrected chi connectivity index (χ2v) is 6.20. The first-order valence-corrected chi connectivity index (χ1v) is 8.72. The highest BCUT2D eigenvalue weighted by atomic mass is 19.4. The van der Waals surface area contributed by atoms with E-state index < -0.39 is 18.2 Å². The number of nitrogens with zero attached hydrogens (tertiary/aromatic N) is 1. The normalized spacial score (nSPS) is 11.5. The number of unbranched alkanes of at least 4 members (excludes halogenated alkanes) is 1. The molecule has 0 aliphatic rings. The van der Waals surface area contributed by atoms with E-state index in [1.54, 1.807) is 24.3 Å². The lowest BCUT2D eigenvalue weighted by Gasteiger charge is -2.21. The molecule has 0 radical (unpaired) electrons. The maximum atomic E-state index is 12.7. The Labute approximate surface area is 160 Å². The minimum absolute atomic E-state index is 0.219. The number of rotatable bonds is 8. The standard InChI is InChI=1S/C21H20F5NO/c1-2-20(28)27(14-4-3-5-19(22)23)18-12-8-16(9-13-18)15-6-10-17(11-7-15)21(24,25)26/h2,6-13,19H,1,3-5,14H2. The summed E-state index contributed by atoms with van der Waals surface area (Å²) in [7, 11) is 0. The molecule has 0 aliphatic carbocycles. The Morgan fingerprint density at radius 3 is 1.96 bits per heavy atom.